The zero-order chi connectivity index (χ0) is 11.7. The van der Waals surface area contributed by atoms with Gasteiger partial charge in [-0.2, -0.15) is 0 Å². The first-order chi connectivity index (χ1) is 5.56. The Morgan fingerprint density at radius 2 is 1.31 bits per heavy atom. The Labute approximate surface area is 85.8 Å². The summed E-state index contributed by atoms with van der Waals surface area (Å²) < 4.78 is 42.3. The van der Waals surface area contributed by atoms with E-state index in [0.29, 0.717) is 0 Å². The Bertz CT molecular complexity index is 185. The van der Waals surface area contributed by atoms with Gasteiger partial charge >= 0.3 is 21.0 Å². The van der Waals surface area contributed by atoms with Crippen molar-refractivity contribution >= 4 is 10.4 Å². The van der Waals surface area contributed by atoms with Crippen LogP contribution in [0.3, 0.4) is 0 Å². The van der Waals surface area contributed by atoms with Gasteiger partial charge in [-0.15, -0.1) is 0 Å². The monoisotopic (exact) mass is 253 g/mol. The van der Waals surface area contributed by atoms with Gasteiger partial charge < -0.3 is 9.11 Å². The van der Waals surface area contributed by atoms with Gasteiger partial charge in [0.25, 0.3) is 0 Å². The number of hydrogen-bond donors (Lipinski definition) is 1. The van der Waals surface area contributed by atoms with Crippen LogP contribution in [0, 0.1) is 0 Å². The molecule has 79 valence electrons. The topological polar surface area (TPSA) is 127 Å². The van der Waals surface area contributed by atoms with Gasteiger partial charge in [-0.25, -0.2) is 4.89 Å². The van der Waals surface area contributed by atoms with Crippen molar-refractivity contribution in [2.75, 3.05) is 0 Å². The summed E-state index contributed by atoms with van der Waals surface area (Å²) in [5, 5.41) is 7.90. The van der Waals surface area contributed by atoms with Crippen molar-refractivity contribution in [3.63, 3.8) is 0 Å². The molecule has 0 aromatic rings. The summed E-state index contributed by atoms with van der Waals surface area (Å²) in [5.41, 5.74) is -0.403. The summed E-state index contributed by atoms with van der Waals surface area (Å²) in [5.74, 6) is 0. The summed E-state index contributed by atoms with van der Waals surface area (Å²) in [6.45, 7) is 5.31. The number of hydrogen-bond acceptors (Lipinski definition) is 7. The molecule has 9 heteroatoms. The summed E-state index contributed by atoms with van der Waals surface area (Å²) >= 11 is 1.06. The van der Waals surface area contributed by atoms with E-state index in [0.717, 1.165) is 17.4 Å². The maximum atomic E-state index is 8.52. The first-order valence-electron chi connectivity index (χ1n) is 2.74. The maximum absolute atomic E-state index is 8.52. The molecule has 7 nitrogen and oxygen atoms in total. The molecule has 0 aliphatic heterocycles. The average Bonchev–Trinajstić information content (AvgIpc) is 1.87. The van der Waals surface area contributed by atoms with Crippen molar-refractivity contribution in [1.82, 2.24) is 0 Å². The first-order valence-corrected chi connectivity index (χ1v) is 4.64. The molecule has 0 unspecified atom stereocenters. The van der Waals surface area contributed by atoms with E-state index >= 15 is 0 Å². The molecule has 0 amide bonds. The second-order valence-electron chi connectivity index (χ2n) is 2.61. The molecule has 0 rings (SSSR count). The van der Waals surface area contributed by atoms with Crippen molar-refractivity contribution < 1.29 is 48.7 Å². The molecule has 0 radical (unpaired) electrons. The van der Waals surface area contributed by atoms with Gasteiger partial charge in [0.15, 0.2) is 0 Å². The summed E-state index contributed by atoms with van der Waals surface area (Å²) in [6, 6.07) is 0. The zero-order valence-electron chi connectivity index (χ0n) is 7.25. The van der Waals surface area contributed by atoms with Gasteiger partial charge in [-0.3, -0.25) is 13.7 Å². The molecular weight excluding hydrogens is 243 g/mol. The van der Waals surface area contributed by atoms with Crippen LogP contribution < -0.4 is 0 Å². The van der Waals surface area contributed by atoms with E-state index in [9.17, 15) is 0 Å². The van der Waals surface area contributed by atoms with Crippen molar-refractivity contribution in [1.29, 1.82) is 0 Å². The molecule has 0 spiro atoms. The molecule has 0 aliphatic rings. The number of rotatable bonds is 0. The van der Waals surface area contributed by atoms with Gasteiger partial charge in [0, 0.05) is 10.4 Å². The van der Waals surface area contributed by atoms with Crippen LogP contribution >= 0.6 is 0 Å². The summed E-state index contributed by atoms with van der Waals surface area (Å²) in [4.78, 5) is 3.94. The van der Waals surface area contributed by atoms with E-state index in [-0.39, 0.29) is 0 Å². The Morgan fingerprint density at radius 3 is 1.31 bits per heavy atom. The molecule has 0 heterocycles. The van der Waals surface area contributed by atoms with E-state index in [1.165, 1.54) is 0 Å². The summed E-state index contributed by atoms with van der Waals surface area (Å²) in [7, 11) is -5.17. The Kier molecular flexibility index (Phi) is 12.7. The second-order valence-corrected chi connectivity index (χ2v) is 3.43. The molecule has 1 N–H and O–H groups in total. The van der Waals surface area contributed by atoms with Crippen LogP contribution in [0.5, 0.6) is 0 Å². The van der Waals surface area contributed by atoms with Crippen molar-refractivity contribution in [3.05, 3.63) is 0 Å². The van der Waals surface area contributed by atoms with Crippen molar-refractivity contribution in [2.24, 2.45) is 0 Å². The first kappa shape index (κ1) is 18.9. The molecule has 0 aliphatic carbocycles. The third-order valence-corrected chi connectivity index (χ3v) is 0.274. The normalized spacial score (nSPS) is 10.5. The van der Waals surface area contributed by atoms with Crippen LogP contribution in [-0.4, -0.2) is 28.4 Å². The average molecular weight is 253 g/mol. The van der Waals surface area contributed by atoms with Crippen LogP contribution in [0.4, 0.5) is 0 Å². The standard InChI is InChI=1S/C4H10O2.H2O4S.O.V/c1-4(2,3)6-5;1-5(2,3)4;;/h5H,1-3H3;(H2,1,2,3,4);;/q;;;+2/p-2. The molecule has 0 fully saturated rings. The SMILES string of the molecule is CC(C)(C)OO.O=S(=O)([O-])[O-].[O]=[V+2]. The molecular formula is C4H10O7SV. The predicted molar refractivity (Wildman–Crippen MR) is 34.6 cm³/mol. The Hall–Kier alpha value is 0.174. The molecule has 0 aromatic carbocycles. The fraction of sp³-hybridized carbons (Fsp3) is 1.00. The Morgan fingerprint density at radius 1 is 1.23 bits per heavy atom. The quantitative estimate of drug-likeness (QED) is 0.274. The zero-order valence-corrected chi connectivity index (χ0v) is 9.47. The second kappa shape index (κ2) is 8.76. The van der Waals surface area contributed by atoms with Crippen LogP contribution in [0.25, 0.3) is 0 Å². The third-order valence-electron chi connectivity index (χ3n) is 0.274. The van der Waals surface area contributed by atoms with E-state index in [1.807, 2.05) is 0 Å². The molecule has 13 heavy (non-hydrogen) atoms. The van der Waals surface area contributed by atoms with E-state index in [4.69, 9.17) is 26.5 Å². The van der Waals surface area contributed by atoms with E-state index in [1.54, 1.807) is 20.8 Å². The minimum absolute atomic E-state index is 0.403. The third kappa shape index (κ3) is 125. The fourth-order valence-electron chi connectivity index (χ4n) is 0. The van der Waals surface area contributed by atoms with Crippen LogP contribution in [-0.2, 0) is 36.3 Å². The molecule has 0 atom stereocenters. The molecule has 0 bridgehead atoms. The Balaban J connectivity index is -0.000000131. The van der Waals surface area contributed by atoms with Crippen LogP contribution in [0.2, 0.25) is 0 Å². The van der Waals surface area contributed by atoms with Gasteiger partial charge in [-0.05, 0) is 20.8 Å². The van der Waals surface area contributed by atoms with E-state index < -0.39 is 16.0 Å². The minimum atomic E-state index is -5.17. The van der Waals surface area contributed by atoms with Crippen molar-refractivity contribution in [3.8, 4) is 0 Å². The van der Waals surface area contributed by atoms with Gasteiger partial charge in [0.2, 0.25) is 0 Å². The molecule has 0 aromatic heterocycles. The van der Waals surface area contributed by atoms with Gasteiger partial charge in [0.05, 0.1) is 5.60 Å². The van der Waals surface area contributed by atoms with Crippen molar-refractivity contribution in [2.45, 2.75) is 26.4 Å². The summed E-state index contributed by atoms with van der Waals surface area (Å²) in [6.07, 6.45) is 0. The van der Waals surface area contributed by atoms with Crippen LogP contribution in [0.15, 0.2) is 0 Å². The molecule has 0 saturated heterocycles. The fourth-order valence-corrected chi connectivity index (χ4v) is 0. The van der Waals surface area contributed by atoms with Gasteiger partial charge in [0.1, 0.15) is 0 Å². The van der Waals surface area contributed by atoms with Gasteiger partial charge in [-0.1, -0.05) is 0 Å². The van der Waals surface area contributed by atoms with E-state index in [2.05, 4.69) is 4.89 Å². The molecule has 0 saturated carbocycles. The predicted octanol–water partition coefficient (Wildman–Crippen LogP) is -0.185. The van der Waals surface area contributed by atoms with Crippen LogP contribution in [0.1, 0.15) is 20.8 Å².